The first-order valence-corrected chi connectivity index (χ1v) is 11.0. The summed E-state index contributed by atoms with van der Waals surface area (Å²) in [5.41, 5.74) is 2.52. The van der Waals surface area contributed by atoms with Crippen molar-refractivity contribution in [3.63, 3.8) is 0 Å². The van der Waals surface area contributed by atoms with Crippen LogP contribution in [0.4, 0.5) is 11.4 Å². The van der Waals surface area contributed by atoms with Crippen molar-refractivity contribution in [3.8, 4) is 5.75 Å². The van der Waals surface area contributed by atoms with Gasteiger partial charge in [0.1, 0.15) is 23.6 Å². The molecule has 2 aliphatic rings. The molecule has 1 amide bonds. The van der Waals surface area contributed by atoms with Crippen molar-refractivity contribution in [2.24, 2.45) is 4.99 Å². The molecule has 0 fully saturated rings. The van der Waals surface area contributed by atoms with Gasteiger partial charge in [-0.15, -0.1) is 0 Å². The first kappa shape index (κ1) is 19.1. The molecule has 1 N–H and O–H groups in total. The Hall–Kier alpha value is -2.91. The second-order valence-electron chi connectivity index (χ2n) is 6.87. The lowest BCUT2D eigenvalue weighted by Crippen LogP contribution is -2.43. The molecular weight excluding hydrogens is 468 g/mol. The molecule has 3 aromatic rings. The average Bonchev–Trinajstić information content (AvgIpc) is 3.24. The second-order valence-corrected chi connectivity index (χ2v) is 8.77. The number of nitrogens with zero attached hydrogens (tertiary/aromatic N) is 3. The molecule has 0 unspecified atom stereocenters. The highest BCUT2D eigenvalue weighted by Crippen LogP contribution is 2.33. The number of carbonyl (C=O) groups is 1. The van der Waals surface area contributed by atoms with Gasteiger partial charge in [0.2, 0.25) is 0 Å². The van der Waals surface area contributed by atoms with E-state index in [1.807, 2.05) is 42.2 Å². The third kappa shape index (κ3) is 3.14. The van der Waals surface area contributed by atoms with Crippen LogP contribution >= 0.6 is 27.3 Å². The highest BCUT2D eigenvalue weighted by molar-refractivity contribution is 9.10. The summed E-state index contributed by atoms with van der Waals surface area (Å²) in [5, 5.41) is 2.84. The van der Waals surface area contributed by atoms with Gasteiger partial charge >= 0.3 is 0 Å². The number of ether oxygens (including phenoxy) is 1. The summed E-state index contributed by atoms with van der Waals surface area (Å²) in [6.07, 6.45) is 0. The number of aromatic nitrogens is 1. The number of benzene rings is 2. The zero-order chi connectivity index (χ0) is 20.8. The summed E-state index contributed by atoms with van der Waals surface area (Å²) in [6.45, 7) is 3.26. The van der Waals surface area contributed by atoms with Crippen LogP contribution < -0.4 is 29.8 Å². The van der Waals surface area contributed by atoms with Crippen molar-refractivity contribution in [2.45, 2.75) is 13.6 Å². The lowest BCUT2D eigenvalue weighted by atomic mass is 10.1. The number of thiazole rings is 1. The van der Waals surface area contributed by atoms with E-state index < -0.39 is 0 Å². The van der Waals surface area contributed by atoms with E-state index in [2.05, 4.69) is 26.2 Å². The molecule has 3 heterocycles. The van der Waals surface area contributed by atoms with Gasteiger partial charge in [0, 0.05) is 21.4 Å². The van der Waals surface area contributed by atoms with Gasteiger partial charge in [0.05, 0.1) is 12.2 Å². The maximum atomic E-state index is 13.2. The molecule has 1 aromatic heterocycles. The van der Waals surface area contributed by atoms with Gasteiger partial charge in [0.15, 0.2) is 4.80 Å². The number of fused-ring (bicyclic) bond motifs is 2. The second kappa shape index (κ2) is 7.41. The lowest BCUT2D eigenvalue weighted by Gasteiger charge is -2.25. The van der Waals surface area contributed by atoms with Gasteiger partial charge in [-0.05, 0) is 49.4 Å². The predicted octanol–water partition coefficient (Wildman–Crippen LogP) is 2.28. The fourth-order valence-corrected chi connectivity index (χ4v) is 4.93. The Morgan fingerprint density at radius 1 is 1.20 bits per heavy atom. The summed E-state index contributed by atoms with van der Waals surface area (Å²) >= 11 is 4.69. The van der Waals surface area contributed by atoms with Crippen molar-refractivity contribution >= 4 is 50.1 Å². The third-order valence-corrected chi connectivity index (χ3v) is 6.66. The van der Waals surface area contributed by atoms with E-state index in [-0.39, 0.29) is 11.5 Å². The number of anilines is 2. The van der Waals surface area contributed by atoms with Crippen LogP contribution in [0, 0.1) is 0 Å². The molecule has 0 saturated carbocycles. The number of hydrogen-bond acceptors (Lipinski definition) is 6. The van der Waals surface area contributed by atoms with Gasteiger partial charge < -0.3 is 15.0 Å². The SMILES string of the molecule is CCOc1ccc2c(c1)C(=c1sc3n(c1=O)CN(c1ccc(Br)cc1)CN=3)C(=O)N2. The van der Waals surface area contributed by atoms with Crippen molar-refractivity contribution in [1.29, 1.82) is 0 Å². The normalized spacial score (nSPS) is 16.6. The summed E-state index contributed by atoms with van der Waals surface area (Å²) in [5.74, 6) is 0.387. The van der Waals surface area contributed by atoms with E-state index in [1.165, 1.54) is 11.3 Å². The molecular formula is C21H17BrN4O3S. The standard InChI is InChI=1S/C21H17BrN4O3S/c1-2-29-14-7-8-16-15(9-14)17(19(27)24-16)18-20(28)26-11-25(10-23-21(26)30-18)13-5-3-12(22)4-6-13/h3-9H,2,10-11H2,1H3,(H,24,27). The maximum Gasteiger partial charge on any atom is 0.272 e. The van der Waals surface area contributed by atoms with Crippen LogP contribution in [-0.4, -0.2) is 23.7 Å². The Balaban J connectivity index is 1.62. The van der Waals surface area contributed by atoms with Crippen molar-refractivity contribution in [1.82, 2.24) is 4.57 Å². The summed E-state index contributed by atoms with van der Waals surface area (Å²) < 4.78 is 8.58. The van der Waals surface area contributed by atoms with Crippen LogP contribution in [0.5, 0.6) is 5.75 Å². The summed E-state index contributed by atoms with van der Waals surface area (Å²) in [4.78, 5) is 33.2. The first-order chi connectivity index (χ1) is 14.5. The van der Waals surface area contributed by atoms with E-state index in [1.54, 1.807) is 16.7 Å². The molecule has 0 atom stereocenters. The van der Waals surface area contributed by atoms with Crippen LogP contribution in [0.2, 0.25) is 0 Å². The van der Waals surface area contributed by atoms with Gasteiger partial charge in [-0.3, -0.25) is 14.2 Å². The van der Waals surface area contributed by atoms with E-state index in [0.717, 1.165) is 10.2 Å². The zero-order valence-electron chi connectivity index (χ0n) is 16.0. The van der Waals surface area contributed by atoms with Gasteiger partial charge in [-0.1, -0.05) is 27.3 Å². The Kier molecular flexibility index (Phi) is 4.71. The molecule has 7 nitrogen and oxygen atoms in total. The minimum atomic E-state index is -0.278. The predicted molar refractivity (Wildman–Crippen MR) is 120 cm³/mol. The Bertz CT molecular complexity index is 1340. The number of amides is 1. The van der Waals surface area contributed by atoms with E-state index >= 15 is 0 Å². The Morgan fingerprint density at radius 3 is 2.77 bits per heavy atom. The fourth-order valence-electron chi connectivity index (χ4n) is 3.60. The van der Waals surface area contributed by atoms with Crippen LogP contribution in [0.15, 0.2) is 56.7 Å². The fraction of sp³-hybridized carbons (Fsp3) is 0.190. The van der Waals surface area contributed by atoms with Crippen LogP contribution in [-0.2, 0) is 11.5 Å². The highest BCUT2D eigenvalue weighted by atomic mass is 79.9. The number of carbonyl (C=O) groups excluding carboxylic acids is 1. The Morgan fingerprint density at radius 2 is 2.00 bits per heavy atom. The van der Waals surface area contributed by atoms with Gasteiger partial charge in [0.25, 0.3) is 11.5 Å². The van der Waals surface area contributed by atoms with Crippen molar-refractivity contribution in [3.05, 3.63) is 72.2 Å². The van der Waals surface area contributed by atoms with E-state index in [9.17, 15) is 9.59 Å². The molecule has 2 aliphatic heterocycles. The molecule has 0 saturated heterocycles. The van der Waals surface area contributed by atoms with Crippen molar-refractivity contribution < 1.29 is 9.53 Å². The topological polar surface area (TPSA) is 75.9 Å². The number of hydrogen-bond donors (Lipinski definition) is 1. The largest absolute Gasteiger partial charge is 0.494 e. The zero-order valence-corrected chi connectivity index (χ0v) is 18.4. The molecule has 0 radical (unpaired) electrons. The van der Waals surface area contributed by atoms with Crippen LogP contribution in [0.25, 0.3) is 5.57 Å². The molecule has 0 aliphatic carbocycles. The number of halogens is 1. The highest BCUT2D eigenvalue weighted by Gasteiger charge is 2.28. The maximum absolute atomic E-state index is 13.2. The molecule has 0 spiro atoms. The summed E-state index contributed by atoms with van der Waals surface area (Å²) in [6, 6.07) is 13.3. The minimum absolute atomic E-state index is 0.208. The van der Waals surface area contributed by atoms with E-state index in [0.29, 0.717) is 51.9 Å². The molecule has 2 aromatic carbocycles. The third-order valence-electron chi connectivity index (χ3n) is 5.02. The van der Waals surface area contributed by atoms with Crippen molar-refractivity contribution in [2.75, 3.05) is 23.5 Å². The number of nitrogens with one attached hydrogen (secondary N) is 1. The molecule has 30 heavy (non-hydrogen) atoms. The average molecular weight is 485 g/mol. The lowest BCUT2D eigenvalue weighted by molar-refractivity contribution is -0.110. The van der Waals surface area contributed by atoms with E-state index in [4.69, 9.17) is 4.74 Å². The molecule has 152 valence electrons. The molecule has 9 heteroatoms. The smallest absolute Gasteiger partial charge is 0.272 e. The first-order valence-electron chi connectivity index (χ1n) is 9.42. The Labute approximate surface area is 184 Å². The van der Waals surface area contributed by atoms with Crippen LogP contribution in [0.3, 0.4) is 0 Å². The minimum Gasteiger partial charge on any atom is -0.494 e. The van der Waals surface area contributed by atoms with Gasteiger partial charge in [-0.2, -0.15) is 0 Å². The molecule has 5 rings (SSSR count). The summed E-state index contributed by atoms with van der Waals surface area (Å²) in [7, 11) is 0. The molecule has 0 bridgehead atoms. The number of rotatable bonds is 3. The van der Waals surface area contributed by atoms with Crippen LogP contribution in [0.1, 0.15) is 12.5 Å². The monoisotopic (exact) mass is 484 g/mol. The van der Waals surface area contributed by atoms with Gasteiger partial charge in [-0.25, -0.2) is 4.99 Å². The quantitative estimate of drug-likeness (QED) is 0.618.